The lowest BCUT2D eigenvalue weighted by Gasteiger charge is -2.32. The summed E-state index contributed by atoms with van der Waals surface area (Å²) in [5.41, 5.74) is -6.76. The minimum atomic E-state index is -5.78. The molecule has 0 amide bonds. The van der Waals surface area contributed by atoms with Gasteiger partial charge in [0.15, 0.2) is 0 Å². The number of ether oxygens (including phenoxy) is 1. The lowest BCUT2D eigenvalue weighted by molar-refractivity contribution is -0.356. The third-order valence-electron chi connectivity index (χ3n) is 1.37. The molecule has 0 aliphatic rings. The van der Waals surface area contributed by atoms with Crippen molar-refractivity contribution in [1.29, 1.82) is 0 Å². The summed E-state index contributed by atoms with van der Waals surface area (Å²) >= 11 is 4.31. The van der Waals surface area contributed by atoms with Crippen molar-refractivity contribution in [2.24, 2.45) is 0 Å². The molecule has 0 bridgehead atoms. The van der Waals surface area contributed by atoms with E-state index in [4.69, 9.17) is 0 Å². The minimum absolute atomic E-state index is 0.326. The van der Waals surface area contributed by atoms with Gasteiger partial charge in [-0.3, -0.25) is 0 Å². The standard InChI is InChI=1S/C5H3ClF6O2/c1-3(4(7,8)9,5(10,11)12)14-2(6)13/h1H3. The highest BCUT2D eigenvalue weighted by atomic mass is 35.5. The third kappa shape index (κ3) is 2.43. The summed E-state index contributed by atoms with van der Waals surface area (Å²) in [6.07, 6.45) is -11.6. The van der Waals surface area contributed by atoms with E-state index in [2.05, 4.69) is 16.3 Å². The fraction of sp³-hybridized carbons (Fsp3) is 0.800. The second-order valence-electron chi connectivity index (χ2n) is 2.37. The van der Waals surface area contributed by atoms with Crippen LogP contribution in [0.15, 0.2) is 0 Å². The van der Waals surface area contributed by atoms with E-state index in [0.29, 0.717) is 0 Å². The molecule has 0 saturated carbocycles. The summed E-state index contributed by atoms with van der Waals surface area (Å²) in [6.45, 7) is -0.326. The summed E-state index contributed by atoms with van der Waals surface area (Å²) in [4.78, 5) is 9.90. The average molecular weight is 245 g/mol. The summed E-state index contributed by atoms with van der Waals surface area (Å²) in [5.74, 6) is 0. The van der Waals surface area contributed by atoms with Crippen molar-refractivity contribution in [3.8, 4) is 0 Å². The highest BCUT2D eigenvalue weighted by molar-refractivity contribution is 6.61. The Hall–Kier alpha value is -0.660. The van der Waals surface area contributed by atoms with Gasteiger partial charge in [0.2, 0.25) is 0 Å². The zero-order valence-electron chi connectivity index (χ0n) is 6.46. The van der Waals surface area contributed by atoms with Crippen molar-refractivity contribution < 1.29 is 35.9 Å². The zero-order chi connectivity index (χ0) is 11.8. The van der Waals surface area contributed by atoms with Gasteiger partial charge >= 0.3 is 17.8 Å². The predicted molar refractivity (Wildman–Crippen MR) is 32.8 cm³/mol. The van der Waals surface area contributed by atoms with Gasteiger partial charge in [0.25, 0.3) is 5.60 Å². The molecule has 0 radical (unpaired) electrons. The van der Waals surface area contributed by atoms with Crippen LogP contribution in [-0.4, -0.2) is 23.4 Å². The number of hydrogen-bond acceptors (Lipinski definition) is 2. The predicted octanol–water partition coefficient (Wildman–Crippen LogP) is 3.25. The van der Waals surface area contributed by atoms with Gasteiger partial charge in [-0.25, -0.2) is 4.79 Å². The number of halogens is 7. The van der Waals surface area contributed by atoms with Crippen molar-refractivity contribution in [3.05, 3.63) is 0 Å². The first-order chi connectivity index (χ1) is 5.92. The maximum atomic E-state index is 11.9. The molecule has 0 unspecified atom stereocenters. The Bertz CT molecular complexity index is 217. The first-order valence-corrected chi connectivity index (χ1v) is 3.31. The van der Waals surface area contributed by atoms with Crippen LogP contribution in [0.4, 0.5) is 31.1 Å². The van der Waals surface area contributed by atoms with Crippen LogP contribution < -0.4 is 0 Å². The SMILES string of the molecule is CC(OC(=O)Cl)(C(F)(F)F)C(F)(F)F. The average Bonchev–Trinajstić information content (AvgIpc) is 1.79. The van der Waals surface area contributed by atoms with Crippen LogP contribution in [0, 0.1) is 0 Å². The lowest BCUT2D eigenvalue weighted by Crippen LogP contribution is -2.56. The van der Waals surface area contributed by atoms with Crippen LogP contribution in [0.5, 0.6) is 0 Å². The molecule has 0 aromatic heterocycles. The summed E-state index contributed by atoms with van der Waals surface area (Å²) in [6, 6.07) is 0. The van der Waals surface area contributed by atoms with Crippen LogP contribution in [0.3, 0.4) is 0 Å². The Morgan fingerprint density at radius 2 is 1.36 bits per heavy atom. The fourth-order valence-corrected chi connectivity index (χ4v) is 0.591. The highest BCUT2D eigenvalue weighted by Gasteiger charge is 2.71. The summed E-state index contributed by atoms with van der Waals surface area (Å²) in [7, 11) is 0. The summed E-state index contributed by atoms with van der Waals surface area (Å²) in [5, 5.41) is 0. The smallest absolute Gasteiger partial charge is 0.428 e. The van der Waals surface area contributed by atoms with Gasteiger partial charge in [-0.05, 0) is 6.92 Å². The van der Waals surface area contributed by atoms with Gasteiger partial charge in [0.05, 0.1) is 0 Å². The molecule has 2 nitrogen and oxygen atoms in total. The second-order valence-corrected chi connectivity index (χ2v) is 2.68. The van der Waals surface area contributed by atoms with Gasteiger partial charge in [0, 0.05) is 11.6 Å². The maximum absolute atomic E-state index is 11.9. The number of rotatable bonds is 1. The molecular formula is C5H3ClF6O2. The van der Waals surface area contributed by atoms with Crippen molar-refractivity contribution in [1.82, 2.24) is 0 Å². The van der Waals surface area contributed by atoms with E-state index in [-0.39, 0.29) is 6.92 Å². The molecule has 0 spiro atoms. The van der Waals surface area contributed by atoms with E-state index in [9.17, 15) is 31.1 Å². The number of carbonyl (C=O) groups excluding carboxylic acids is 1. The largest absolute Gasteiger partial charge is 0.437 e. The van der Waals surface area contributed by atoms with Crippen molar-refractivity contribution in [2.45, 2.75) is 24.9 Å². The molecule has 0 N–H and O–H groups in total. The Morgan fingerprint density at radius 1 is 1.07 bits per heavy atom. The monoisotopic (exact) mass is 244 g/mol. The van der Waals surface area contributed by atoms with E-state index in [1.54, 1.807) is 0 Å². The number of carbonyl (C=O) groups is 1. The molecule has 0 aliphatic heterocycles. The molecule has 0 aliphatic carbocycles. The van der Waals surface area contributed by atoms with Gasteiger partial charge < -0.3 is 4.74 Å². The molecule has 0 atom stereocenters. The molecule has 84 valence electrons. The maximum Gasteiger partial charge on any atom is 0.437 e. The topological polar surface area (TPSA) is 26.3 Å². The molecule has 0 rings (SSSR count). The van der Waals surface area contributed by atoms with Crippen LogP contribution in [0.25, 0.3) is 0 Å². The first kappa shape index (κ1) is 13.3. The van der Waals surface area contributed by atoms with Crippen molar-refractivity contribution >= 4 is 17.0 Å². The molecular weight excluding hydrogens is 241 g/mol. The van der Waals surface area contributed by atoms with Crippen LogP contribution in [0.1, 0.15) is 6.92 Å². The Morgan fingerprint density at radius 3 is 1.43 bits per heavy atom. The van der Waals surface area contributed by atoms with E-state index in [1.165, 1.54) is 0 Å². The van der Waals surface area contributed by atoms with E-state index in [1.807, 2.05) is 0 Å². The van der Waals surface area contributed by atoms with Crippen molar-refractivity contribution in [3.63, 3.8) is 0 Å². The van der Waals surface area contributed by atoms with E-state index in [0.717, 1.165) is 0 Å². The van der Waals surface area contributed by atoms with Gasteiger partial charge in [0.1, 0.15) is 0 Å². The van der Waals surface area contributed by atoms with E-state index < -0.39 is 23.4 Å². The second kappa shape index (κ2) is 3.48. The van der Waals surface area contributed by atoms with Gasteiger partial charge in [-0.15, -0.1) is 0 Å². The van der Waals surface area contributed by atoms with Crippen LogP contribution in [-0.2, 0) is 4.74 Å². The highest BCUT2D eigenvalue weighted by Crippen LogP contribution is 2.45. The first-order valence-electron chi connectivity index (χ1n) is 2.94. The van der Waals surface area contributed by atoms with Gasteiger partial charge in [-0.2, -0.15) is 26.3 Å². The number of hydrogen-bond donors (Lipinski definition) is 0. The third-order valence-corrected chi connectivity index (χ3v) is 1.44. The normalized spacial score (nSPS) is 14.0. The Labute approximate surface area is 78.8 Å². The van der Waals surface area contributed by atoms with E-state index >= 15 is 0 Å². The molecule has 0 fully saturated rings. The quantitative estimate of drug-likeness (QED) is 0.523. The van der Waals surface area contributed by atoms with Crippen molar-refractivity contribution in [2.75, 3.05) is 0 Å². The molecule has 14 heavy (non-hydrogen) atoms. The van der Waals surface area contributed by atoms with Crippen LogP contribution >= 0.6 is 11.6 Å². The molecule has 0 aromatic rings. The molecule has 9 heteroatoms. The Balaban J connectivity index is 5.18. The number of alkyl halides is 6. The fourth-order valence-electron chi connectivity index (χ4n) is 0.437. The molecule has 0 heterocycles. The van der Waals surface area contributed by atoms with Crippen LogP contribution in [0.2, 0.25) is 0 Å². The lowest BCUT2D eigenvalue weighted by atomic mass is 10.1. The molecule has 0 saturated heterocycles. The Kier molecular flexibility index (Phi) is 3.32. The van der Waals surface area contributed by atoms with Gasteiger partial charge in [-0.1, -0.05) is 0 Å². The molecule has 0 aromatic carbocycles. The summed E-state index contributed by atoms with van der Waals surface area (Å²) < 4.78 is 74.5. The zero-order valence-corrected chi connectivity index (χ0v) is 7.22. The minimum Gasteiger partial charge on any atom is -0.428 e.